The summed E-state index contributed by atoms with van der Waals surface area (Å²) in [5.74, 6) is 2.46. The molecular weight excluding hydrogens is 294 g/mol. The van der Waals surface area contributed by atoms with E-state index in [0.29, 0.717) is 28.7 Å². The lowest BCUT2D eigenvalue weighted by molar-refractivity contribution is 0.324. The van der Waals surface area contributed by atoms with Crippen LogP contribution in [0, 0.1) is 0 Å². The van der Waals surface area contributed by atoms with Gasteiger partial charge < -0.3 is 24.7 Å². The van der Waals surface area contributed by atoms with Crippen molar-refractivity contribution >= 4 is 17.8 Å². The molecule has 0 bridgehead atoms. The number of ether oxygens (including phenoxy) is 4. The molecule has 0 aromatic heterocycles. The van der Waals surface area contributed by atoms with Gasteiger partial charge in [-0.3, -0.25) is 0 Å². The number of nitrogen functional groups attached to an aromatic ring is 1. The number of anilines is 1. The molecule has 0 saturated heterocycles. The van der Waals surface area contributed by atoms with Crippen molar-refractivity contribution in [2.75, 3.05) is 34.2 Å². The van der Waals surface area contributed by atoms with E-state index in [1.54, 1.807) is 28.4 Å². The number of nitrogens with two attached hydrogens (primary N) is 1. The van der Waals surface area contributed by atoms with Crippen molar-refractivity contribution in [3.63, 3.8) is 0 Å². The highest BCUT2D eigenvalue weighted by atomic mass is 16.5. The first-order chi connectivity index (χ1) is 11.1. The smallest absolute Gasteiger partial charge is 0.203 e. The van der Waals surface area contributed by atoms with Crippen molar-refractivity contribution in [2.24, 2.45) is 0 Å². The van der Waals surface area contributed by atoms with Crippen molar-refractivity contribution in [2.45, 2.75) is 0 Å². The van der Waals surface area contributed by atoms with Gasteiger partial charge in [0.25, 0.3) is 0 Å². The molecule has 0 radical (unpaired) electrons. The molecule has 122 valence electrons. The Morgan fingerprint density at radius 3 is 1.74 bits per heavy atom. The summed E-state index contributed by atoms with van der Waals surface area (Å²) in [7, 11) is 6.36. The zero-order chi connectivity index (χ0) is 16.8. The average Bonchev–Trinajstić information content (AvgIpc) is 2.58. The molecule has 2 rings (SSSR count). The minimum absolute atomic E-state index is 0.570. The van der Waals surface area contributed by atoms with Gasteiger partial charge in [-0.05, 0) is 35.4 Å². The van der Waals surface area contributed by atoms with Crippen LogP contribution < -0.4 is 24.7 Å². The van der Waals surface area contributed by atoms with Crippen molar-refractivity contribution < 1.29 is 18.9 Å². The van der Waals surface area contributed by atoms with Gasteiger partial charge in [0.15, 0.2) is 11.5 Å². The number of benzene rings is 2. The number of hydrogen-bond donors (Lipinski definition) is 1. The third-order valence-corrected chi connectivity index (χ3v) is 3.41. The Bertz CT molecular complexity index is 685. The monoisotopic (exact) mass is 315 g/mol. The summed E-state index contributed by atoms with van der Waals surface area (Å²) >= 11 is 0. The molecule has 5 nitrogen and oxygen atoms in total. The van der Waals surface area contributed by atoms with Crippen molar-refractivity contribution in [3.05, 3.63) is 41.5 Å². The third-order valence-electron chi connectivity index (χ3n) is 3.41. The largest absolute Gasteiger partial charge is 0.495 e. The fourth-order valence-corrected chi connectivity index (χ4v) is 2.25. The highest BCUT2D eigenvalue weighted by Gasteiger charge is 2.11. The number of hydrogen-bond acceptors (Lipinski definition) is 5. The molecule has 23 heavy (non-hydrogen) atoms. The summed E-state index contributed by atoms with van der Waals surface area (Å²) in [5, 5.41) is 0. The molecule has 0 amide bonds. The second-order valence-corrected chi connectivity index (χ2v) is 4.79. The van der Waals surface area contributed by atoms with E-state index in [1.165, 1.54) is 0 Å². The lowest BCUT2D eigenvalue weighted by Crippen LogP contribution is -1.95. The molecule has 0 heterocycles. The van der Waals surface area contributed by atoms with Crippen LogP contribution in [0.25, 0.3) is 12.2 Å². The molecule has 2 N–H and O–H groups in total. The number of methoxy groups -OCH3 is 4. The highest BCUT2D eigenvalue weighted by Crippen LogP contribution is 2.38. The molecular formula is C18H21NO4. The normalized spacial score (nSPS) is 10.6. The van der Waals surface area contributed by atoms with E-state index >= 15 is 0 Å². The van der Waals surface area contributed by atoms with Gasteiger partial charge in [0.05, 0.1) is 34.1 Å². The Hall–Kier alpha value is -2.82. The Labute approximate surface area is 136 Å². The Kier molecular flexibility index (Phi) is 5.36. The summed E-state index contributed by atoms with van der Waals surface area (Å²) in [6.07, 6.45) is 3.90. The van der Waals surface area contributed by atoms with Crippen LogP contribution in [0.2, 0.25) is 0 Å². The minimum Gasteiger partial charge on any atom is -0.495 e. The third kappa shape index (κ3) is 3.69. The van der Waals surface area contributed by atoms with E-state index < -0.39 is 0 Å². The van der Waals surface area contributed by atoms with Crippen LogP contribution in [0.3, 0.4) is 0 Å². The molecule has 0 atom stereocenters. The summed E-state index contributed by atoms with van der Waals surface area (Å²) in [4.78, 5) is 0. The summed E-state index contributed by atoms with van der Waals surface area (Å²) in [6.45, 7) is 0. The first-order valence-corrected chi connectivity index (χ1v) is 7.04. The standard InChI is InChI=1S/C18H21NO4/c1-20-15-8-7-12(9-14(15)19)5-6-13-10-16(21-2)18(23-4)17(11-13)22-3/h5-11H,19H2,1-4H3/b6-5-. The van der Waals surface area contributed by atoms with E-state index in [1.807, 2.05) is 42.5 Å². The van der Waals surface area contributed by atoms with Crippen LogP contribution in [0.15, 0.2) is 30.3 Å². The number of rotatable bonds is 6. The lowest BCUT2D eigenvalue weighted by Gasteiger charge is -2.12. The van der Waals surface area contributed by atoms with Crippen LogP contribution in [-0.4, -0.2) is 28.4 Å². The van der Waals surface area contributed by atoms with Crippen LogP contribution in [0.4, 0.5) is 5.69 Å². The molecule has 0 aliphatic heterocycles. The zero-order valence-electron chi connectivity index (χ0n) is 13.8. The predicted octanol–water partition coefficient (Wildman–Crippen LogP) is 3.47. The summed E-state index contributed by atoms with van der Waals surface area (Å²) in [6, 6.07) is 9.39. The van der Waals surface area contributed by atoms with Crippen LogP contribution >= 0.6 is 0 Å². The lowest BCUT2D eigenvalue weighted by atomic mass is 10.1. The molecule has 2 aromatic carbocycles. The first-order valence-electron chi connectivity index (χ1n) is 7.04. The second kappa shape index (κ2) is 7.45. The van der Waals surface area contributed by atoms with E-state index in [2.05, 4.69) is 0 Å². The molecule has 5 heteroatoms. The van der Waals surface area contributed by atoms with Gasteiger partial charge >= 0.3 is 0 Å². The zero-order valence-corrected chi connectivity index (χ0v) is 13.8. The van der Waals surface area contributed by atoms with Gasteiger partial charge in [0, 0.05) is 0 Å². The molecule has 2 aromatic rings. The average molecular weight is 315 g/mol. The fourth-order valence-electron chi connectivity index (χ4n) is 2.25. The Balaban J connectivity index is 2.34. The maximum absolute atomic E-state index is 5.91. The molecule has 0 aliphatic rings. The van der Waals surface area contributed by atoms with Gasteiger partial charge in [-0.2, -0.15) is 0 Å². The minimum atomic E-state index is 0.570. The van der Waals surface area contributed by atoms with Crippen molar-refractivity contribution in [1.82, 2.24) is 0 Å². The fraction of sp³-hybridized carbons (Fsp3) is 0.222. The van der Waals surface area contributed by atoms with Gasteiger partial charge in [0.2, 0.25) is 5.75 Å². The summed E-state index contributed by atoms with van der Waals surface area (Å²) < 4.78 is 21.2. The summed E-state index contributed by atoms with van der Waals surface area (Å²) in [5.41, 5.74) is 8.41. The first kappa shape index (κ1) is 16.5. The van der Waals surface area contributed by atoms with Gasteiger partial charge in [-0.25, -0.2) is 0 Å². The maximum Gasteiger partial charge on any atom is 0.203 e. The van der Waals surface area contributed by atoms with Gasteiger partial charge in [0.1, 0.15) is 5.75 Å². The molecule has 0 unspecified atom stereocenters. The van der Waals surface area contributed by atoms with Gasteiger partial charge in [-0.1, -0.05) is 18.2 Å². The van der Waals surface area contributed by atoms with E-state index in [0.717, 1.165) is 11.1 Å². The quantitative estimate of drug-likeness (QED) is 0.653. The topological polar surface area (TPSA) is 62.9 Å². The molecule has 0 aliphatic carbocycles. The SMILES string of the molecule is COc1ccc(/C=C\c2cc(OC)c(OC)c(OC)c2)cc1N. The molecule has 0 spiro atoms. The van der Waals surface area contributed by atoms with E-state index in [9.17, 15) is 0 Å². The Morgan fingerprint density at radius 1 is 0.696 bits per heavy atom. The van der Waals surface area contributed by atoms with Crippen LogP contribution in [0.5, 0.6) is 23.0 Å². The molecule has 0 saturated carbocycles. The second-order valence-electron chi connectivity index (χ2n) is 4.79. The van der Waals surface area contributed by atoms with Gasteiger partial charge in [-0.15, -0.1) is 0 Å². The maximum atomic E-state index is 5.91. The van der Waals surface area contributed by atoms with Crippen molar-refractivity contribution in [1.29, 1.82) is 0 Å². The van der Waals surface area contributed by atoms with Crippen LogP contribution in [0.1, 0.15) is 11.1 Å². The highest BCUT2D eigenvalue weighted by molar-refractivity contribution is 5.74. The van der Waals surface area contributed by atoms with E-state index in [4.69, 9.17) is 24.7 Å². The van der Waals surface area contributed by atoms with Crippen molar-refractivity contribution in [3.8, 4) is 23.0 Å². The van der Waals surface area contributed by atoms with Crippen LogP contribution in [-0.2, 0) is 0 Å². The predicted molar refractivity (Wildman–Crippen MR) is 92.4 cm³/mol. The van der Waals surface area contributed by atoms with E-state index in [-0.39, 0.29) is 0 Å². The molecule has 0 fully saturated rings. The Morgan fingerprint density at radius 2 is 1.26 bits per heavy atom.